The highest BCUT2D eigenvalue weighted by Crippen LogP contribution is 2.33. The number of amidine groups is 1. The lowest BCUT2D eigenvalue weighted by Gasteiger charge is -2.50. The van der Waals surface area contributed by atoms with E-state index in [1.807, 2.05) is 0 Å². The highest BCUT2D eigenvalue weighted by Gasteiger charge is 2.58. The number of aliphatic carboxylic acids is 1. The van der Waals surface area contributed by atoms with Gasteiger partial charge in [-0.05, 0) is 64.4 Å². The molecule has 4 rings (SSSR count). The van der Waals surface area contributed by atoms with Gasteiger partial charge in [0.15, 0.2) is 10.8 Å². The summed E-state index contributed by atoms with van der Waals surface area (Å²) in [6, 6.07) is 5.26. The number of anilines is 1. The number of piperidine rings is 1. The lowest BCUT2D eigenvalue weighted by atomic mass is 9.84. The largest absolute Gasteiger partial charge is 0.489 e. The molecule has 0 spiro atoms. The van der Waals surface area contributed by atoms with Crippen molar-refractivity contribution in [3.63, 3.8) is 0 Å². The van der Waals surface area contributed by atoms with Crippen molar-refractivity contribution < 1.29 is 46.3 Å². The molecule has 0 radical (unpaired) electrons. The quantitative estimate of drug-likeness (QED) is 0.0474. The molecule has 18 nitrogen and oxygen atoms in total. The number of aromatic nitrogens is 1. The van der Waals surface area contributed by atoms with Crippen molar-refractivity contribution in [2.75, 3.05) is 25.4 Å². The first kappa shape index (κ1) is 34.5. The minimum atomic E-state index is -5.02. The van der Waals surface area contributed by atoms with Gasteiger partial charge in [0.05, 0.1) is 5.54 Å². The Morgan fingerprint density at radius 1 is 1.30 bits per heavy atom. The number of nitrogen functional groups attached to an aromatic ring is 1. The number of β-lactam (4-membered cyclic amide) rings is 1. The number of nitrogens with zero attached hydrogens (tertiary/aromatic N) is 3. The minimum Gasteiger partial charge on any atom is -0.489 e. The van der Waals surface area contributed by atoms with E-state index in [9.17, 15) is 27.9 Å². The van der Waals surface area contributed by atoms with E-state index in [0.717, 1.165) is 37.3 Å². The number of carboxylic acids is 1. The van der Waals surface area contributed by atoms with Crippen molar-refractivity contribution in [1.29, 1.82) is 5.41 Å². The topological polar surface area (TPSA) is 268 Å². The first-order valence-electron chi connectivity index (χ1n) is 13.9. The molecule has 3 heterocycles. The van der Waals surface area contributed by atoms with Gasteiger partial charge in [-0.1, -0.05) is 5.16 Å². The highest BCUT2D eigenvalue weighted by atomic mass is 32.3. The van der Waals surface area contributed by atoms with Crippen LogP contribution in [0.5, 0.6) is 5.75 Å². The molecule has 2 fully saturated rings. The van der Waals surface area contributed by atoms with E-state index in [0.29, 0.717) is 15.5 Å². The molecular formula is C26H34N8O10S2. The van der Waals surface area contributed by atoms with Crippen LogP contribution in [-0.4, -0.2) is 101 Å². The number of benzene rings is 1. The van der Waals surface area contributed by atoms with Gasteiger partial charge in [-0.2, -0.15) is 13.5 Å². The lowest BCUT2D eigenvalue weighted by molar-refractivity contribution is -0.218. The predicted octanol–water partition coefficient (Wildman–Crippen LogP) is -0.206. The minimum absolute atomic E-state index is 0.0451. The Hall–Kier alpha value is -4.37. The van der Waals surface area contributed by atoms with E-state index in [2.05, 4.69) is 30.4 Å². The Bertz CT molecular complexity index is 1620. The molecule has 46 heavy (non-hydrogen) atoms. The summed E-state index contributed by atoms with van der Waals surface area (Å²) in [5.74, 6) is -2.94. The summed E-state index contributed by atoms with van der Waals surface area (Å²) in [7, 11) is -5.02. The predicted molar refractivity (Wildman–Crippen MR) is 164 cm³/mol. The van der Waals surface area contributed by atoms with Crippen molar-refractivity contribution in [3.05, 3.63) is 40.4 Å². The normalized spacial score (nSPS) is 20.3. The SMILES string of the molecule is Cc1sc(N)nc1/C(=N/OC(COc1ccc(C(=N)N[C@@H]2CCCNC2)cc1)C(=O)O)C(=O)N[C@@H]1C(=O)N(OS(=O)(=O)O)C1(C)C. The number of ether oxygens (including phenoxy) is 1. The van der Waals surface area contributed by atoms with E-state index >= 15 is 0 Å². The van der Waals surface area contributed by atoms with Crippen LogP contribution in [0, 0.1) is 12.3 Å². The maximum atomic E-state index is 13.3. The van der Waals surface area contributed by atoms with Gasteiger partial charge >= 0.3 is 16.4 Å². The average molecular weight is 683 g/mol. The van der Waals surface area contributed by atoms with Crippen LogP contribution in [0.15, 0.2) is 29.4 Å². The summed E-state index contributed by atoms with van der Waals surface area (Å²) < 4.78 is 41.0. The van der Waals surface area contributed by atoms with Gasteiger partial charge in [0.1, 0.15) is 29.9 Å². The number of hydroxylamine groups is 2. The number of carbonyl (C=O) groups is 3. The number of oxime groups is 1. The number of thiazole rings is 1. The van der Waals surface area contributed by atoms with Crippen LogP contribution in [0.4, 0.5) is 5.13 Å². The fraction of sp³-hybridized carbons (Fsp3) is 0.462. The molecule has 0 bridgehead atoms. The van der Waals surface area contributed by atoms with Crippen LogP contribution < -0.4 is 26.4 Å². The Kier molecular flexibility index (Phi) is 10.5. The third-order valence-corrected chi connectivity index (χ3v) is 8.25. The molecule has 8 N–H and O–H groups in total. The van der Waals surface area contributed by atoms with Crippen LogP contribution in [0.25, 0.3) is 0 Å². The summed E-state index contributed by atoms with van der Waals surface area (Å²) in [5.41, 5.74) is 4.40. The maximum absolute atomic E-state index is 13.3. The van der Waals surface area contributed by atoms with Crippen LogP contribution in [0.3, 0.4) is 0 Å². The number of nitrogens with two attached hydrogens (primary N) is 1. The molecule has 3 atom stereocenters. The zero-order valence-electron chi connectivity index (χ0n) is 25.0. The Labute approximate surface area is 267 Å². The van der Waals surface area contributed by atoms with Crippen LogP contribution >= 0.6 is 11.3 Å². The molecule has 2 saturated heterocycles. The van der Waals surface area contributed by atoms with Crippen molar-refractivity contribution in [3.8, 4) is 5.75 Å². The first-order valence-corrected chi connectivity index (χ1v) is 16.1. The van der Waals surface area contributed by atoms with E-state index in [1.54, 1.807) is 31.2 Å². The van der Waals surface area contributed by atoms with Gasteiger partial charge in [0, 0.05) is 23.0 Å². The molecule has 20 heteroatoms. The third-order valence-electron chi connectivity index (χ3n) is 7.11. The number of amides is 2. The second kappa shape index (κ2) is 14.0. The smallest absolute Gasteiger partial charge is 0.418 e. The Morgan fingerprint density at radius 3 is 2.54 bits per heavy atom. The van der Waals surface area contributed by atoms with Gasteiger partial charge in [-0.25, -0.2) is 9.78 Å². The van der Waals surface area contributed by atoms with Crippen LogP contribution in [0.1, 0.15) is 42.8 Å². The molecule has 0 saturated carbocycles. The second-order valence-electron chi connectivity index (χ2n) is 10.9. The van der Waals surface area contributed by atoms with Gasteiger partial charge in [-0.15, -0.1) is 15.6 Å². The third kappa shape index (κ3) is 8.26. The van der Waals surface area contributed by atoms with Crippen molar-refractivity contribution in [1.82, 2.24) is 26.0 Å². The summed E-state index contributed by atoms with van der Waals surface area (Å²) in [5, 5.41) is 31.1. The van der Waals surface area contributed by atoms with E-state index in [-0.39, 0.29) is 28.5 Å². The molecule has 2 aliphatic heterocycles. The van der Waals surface area contributed by atoms with Crippen molar-refractivity contribution in [2.45, 2.75) is 57.3 Å². The van der Waals surface area contributed by atoms with E-state index in [4.69, 9.17) is 25.3 Å². The van der Waals surface area contributed by atoms with Gasteiger partial charge in [0.2, 0.25) is 0 Å². The molecule has 0 aliphatic carbocycles. The monoisotopic (exact) mass is 682 g/mol. The standard InChI is InChI=1S/C26H34N8O10S2/c1-13-18(31-25(28)45-13)19(22(35)32-20-23(36)34(26(20,2)3)44-46(39,40)41)33-43-17(24(37)38)12-42-16-8-6-14(7-9-16)21(27)30-15-5-4-10-29-11-15/h6-9,15,17,20,29H,4-5,10-12H2,1-3H3,(H2,27,30)(H2,28,31)(H,32,35)(H,37,38)(H,39,40,41)/b33-19-/t15-,17?,20-/m1/s1. The van der Waals surface area contributed by atoms with Gasteiger partial charge < -0.3 is 36.4 Å². The molecule has 2 aliphatic rings. The number of carbonyl (C=O) groups excluding carboxylic acids is 2. The number of carboxylic acid groups (broad SMARTS) is 1. The summed E-state index contributed by atoms with van der Waals surface area (Å²) >= 11 is 1.02. The summed E-state index contributed by atoms with van der Waals surface area (Å²) in [6.07, 6.45) is 0.276. The van der Waals surface area contributed by atoms with E-state index in [1.165, 1.54) is 13.8 Å². The molecular weight excluding hydrogens is 648 g/mol. The fourth-order valence-electron chi connectivity index (χ4n) is 4.66. The number of nitrogens with one attached hydrogen (secondary N) is 4. The van der Waals surface area contributed by atoms with Crippen molar-refractivity contribution in [2.24, 2.45) is 5.16 Å². The zero-order chi connectivity index (χ0) is 33.8. The zero-order valence-corrected chi connectivity index (χ0v) is 26.6. The van der Waals surface area contributed by atoms with Gasteiger partial charge in [-0.3, -0.25) is 19.6 Å². The molecule has 1 aromatic carbocycles. The number of hydrogen-bond acceptors (Lipinski definition) is 14. The van der Waals surface area contributed by atoms with Gasteiger partial charge in [0.25, 0.3) is 17.9 Å². The summed E-state index contributed by atoms with van der Waals surface area (Å²) in [4.78, 5) is 47.5. The van der Waals surface area contributed by atoms with Crippen LogP contribution in [-0.2, 0) is 33.9 Å². The summed E-state index contributed by atoms with van der Waals surface area (Å²) in [6.45, 7) is 5.50. The number of hydrogen-bond donors (Lipinski definition) is 7. The molecule has 2 aromatic rings. The number of rotatable bonds is 13. The van der Waals surface area contributed by atoms with E-state index < -0.39 is 58.2 Å². The van der Waals surface area contributed by atoms with Crippen LogP contribution in [0.2, 0.25) is 0 Å². The maximum Gasteiger partial charge on any atom is 0.418 e. The molecule has 1 unspecified atom stereocenters. The number of aryl methyl sites for hydroxylation is 1. The second-order valence-corrected chi connectivity index (χ2v) is 13.2. The highest BCUT2D eigenvalue weighted by molar-refractivity contribution is 7.80. The van der Waals surface area contributed by atoms with Crippen molar-refractivity contribution >= 4 is 56.2 Å². The Balaban J connectivity index is 1.44. The lowest BCUT2D eigenvalue weighted by Crippen LogP contribution is -2.76. The fourth-order valence-corrected chi connectivity index (χ4v) is 5.81. The Morgan fingerprint density at radius 2 is 2.00 bits per heavy atom. The molecule has 2 amide bonds. The molecule has 1 aromatic heterocycles. The average Bonchev–Trinajstić information content (AvgIpc) is 3.33. The first-order chi connectivity index (χ1) is 21.6. The molecule has 250 valence electrons.